The van der Waals surface area contributed by atoms with Crippen LogP contribution in [0.3, 0.4) is 0 Å². The van der Waals surface area contributed by atoms with Gasteiger partial charge >= 0.3 is 6.18 Å². The van der Waals surface area contributed by atoms with Gasteiger partial charge < -0.3 is 14.7 Å². The summed E-state index contributed by atoms with van der Waals surface area (Å²) in [5.41, 5.74) is 0.734. The summed E-state index contributed by atoms with van der Waals surface area (Å²) in [6.45, 7) is 4.68. The molecule has 0 radical (unpaired) electrons. The highest BCUT2D eigenvalue weighted by Crippen LogP contribution is 2.30. The molecule has 2 heterocycles. The first-order valence-corrected chi connectivity index (χ1v) is 13.7. The van der Waals surface area contributed by atoms with Crippen molar-refractivity contribution in [2.75, 3.05) is 32.7 Å². The zero-order valence-electron chi connectivity index (χ0n) is 21.7. The lowest BCUT2D eigenvalue weighted by Crippen LogP contribution is -2.45. The molecule has 2 amide bonds. The highest BCUT2D eigenvalue weighted by atomic mass is 32.1. The van der Waals surface area contributed by atoms with E-state index in [2.05, 4.69) is 4.90 Å². The Morgan fingerprint density at radius 2 is 1.69 bits per heavy atom. The first kappa shape index (κ1) is 28.8. The molecule has 1 aliphatic rings. The molecule has 0 saturated carbocycles. The maximum Gasteiger partial charge on any atom is 0.416 e. The van der Waals surface area contributed by atoms with Gasteiger partial charge in [0, 0.05) is 30.1 Å². The van der Waals surface area contributed by atoms with Crippen LogP contribution >= 0.6 is 11.3 Å². The molecule has 3 aromatic rings. The van der Waals surface area contributed by atoms with Crippen molar-refractivity contribution in [3.63, 3.8) is 0 Å². The van der Waals surface area contributed by atoms with Crippen LogP contribution in [0.4, 0.5) is 17.6 Å². The molecular weight excluding hydrogens is 530 g/mol. The van der Waals surface area contributed by atoms with E-state index in [0.717, 1.165) is 54.1 Å². The summed E-state index contributed by atoms with van der Waals surface area (Å²) in [6, 6.07) is 12.1. The van der Waals surface area contributed by atoms with Crippen LogP contribution in [0, 0.1) is 12.7 Å². The monoisotopic (exact) mass is 561 g/mol. The van der Waals surface area contributed by atoms with Crippen LogP contribution in [0.2, 0.25) is 0 Å². The fourth-order valence-corrected chi connectivity index (χ4v) is 5.50. The smallest absolute Gasteiger partial charge is 0.332 e. The van der Waals surface area contributed by atoms with Crippen LogP contribution in [0.25, 0.3) is 0 Å². The Balaban J connectivity index is 1.57. The third-order valence-corrected chi connectivity index (χ3v) is 7.88. The van der Waals surface area contributed by atoms with E-state index in [1.165, 1.54) is 40.5 Å². The van der Waals surface area contributed by atoms with E-state index in [1.54, 1.807) is 17.0 Å². The minimum atomic E-state index is -4.59. The summed E-state index contributed by atoms with van der Waals surface area (Å²) in [4.78, 5) is 33.3. The molecule has 4 rings (SSSR count). The highest BCUT2D eigenvalue weighted by Gasteiger charge is 2.32. The molecule has 0 aliphatic carbocycles. The minimum Gasteiger partial charge on any atom is -0.332 e. The molecule has 39 heavy (non-hydrogen) atoms. The number of hydrogen-bond acceptors (Lipinski definition) is 4. The standard InChI is InChI=1S/C29H31F4N3O2S/c1-21-11-16-39-26(21)19-36(18-22-7-9-25(30)10-8-22)27(37)20-35(15-14-34-12-2-3-13-34)28(38)23-5-4-6-24(17-23)29(31,32)33/h4-11,16-17H,2-3,12-15,18-20H2,1H3. The van der Waals surface area contributed by atoms with Crippen LogP contribution < -0.4 is 0 Å². The minimum absolute atomic E-state index is 0.113. The number of hydrogen-bond donors (Lipinski definition) is 0. The number of rotatable bonds is 10. The fourth-order valence-electron chi connectivity index (χ4n) is 4.58. The van der Waals surface area contributed by atoms with Crippen LogP contribution in [0.1, 0.15) is 44.8 Å². The Labute approximate surface area is 229 Å². The van der Waals surface area contributed by atoms with Crippen molar-refractivity contribution in [2.24, 2.45) is 0 Å². The van der Waals surface area contributed by atoms with Gasteiger partial charge in [-0.15, -0.1) is 11.3 Å². The van der Waals surface area contributed by atoms with Crippen molar-refractivity contribution < 1.29 is 27.2 Å². The van der Waals surface area contributed by atoms with Gasteiger partial charge in [-0.25, -0.2) is 4.39 Å². The topological polar surface area (TPSA) is 43.9 Å². The lowest BCUT2D eigenvalue weighted by molar-refractivity contribution is -0.137. The van der Waals surface area contributed by atoms with Crippen molar-refractivity contribution in [2.45, 2.75) is 39.0 Å². The molecule has 0 atom stereocenters. The summed E-state index contributed by atoms with van der Waals surface area (Å²) in [6.07, 6.45) is -2.49. The second-order valence-corrected chi connectivity index (χ2v) is 10.8. The Hall–Kier alpha value is -3.24. The molecule has 1 aromatic heterocycles. The first-order chi connectivity index (χ1) is 18.6. The van der Waals surface area contributed by atoms with Crippen molar-refractivity contribution in [1.29, 1.82) is 0 Å². The molecule has 0 bridgehead atoms. The van der Waals surface area contributed by atoms with Gasteiger partial charge in [0.15, 0.2) is 0 Å². The van der Waals surface area contributed by atoms with E-state index < -0.39 is 17.6 Å². The summed E-state index contributed by atoms with van der Waals surface area (Å²) in [5, 5.41) is 1.94. The van der Waals surface area contributed by atoms with Gasteiger partial charge in [0.1, 0.15) is 12.4 Å². The molecule has 1 fully saturated rings. The highest BCUT2D eigenvalue weighted by molar-refractivity contribution is 7.10. The summed E-state index contributed by atoms with van der Waals surface area (Å²) < 4.78 is 53.5. The van der Waals surface area contributed by atoms with Crippen molar-refractivity contribution in [1.82, 2.24) is 14.7 Å². The third-order valence-electron chi connectivity index (χ3n) is 6.88. The number of nitrogens with zero attached hydrogens (tertiary/aromatic N) is 3. The number of alkyl halides is 3. The van der Waals surface area contributed by atoms with E-state index >= 15 is 0 Å². The van der Waals surface area contributed by atoms with Gasteiger partial charge in [-0.05, 0) is 85.8 Å². The van der Waals surface area contributed by atoms with Crippen LogP contribution in [-0.4, -0.2) is 59.2 Å². The quantitative estimate of drug-likeness (QED) is 0.286. The third kappa shape index (κ3) is 7.89. The summed E-state index contributed by atoms with van der Waals surface area (Å²) in [5.74, 6) is -1.35. The van der Waals surface area contributed by atoms with E-state index in [1.807, 2.05) is 18.4 Å². The van der Waals surface area contributed by atoms with Crippen molar-refractivity contribution >= 4 is 23.2 Å². The van der Waals surface area contributed by atoms with E-state index in [4.69, 9.17) is 0 Å². The fraction of sp³-hybridized carbons (Fsp3) is 0.379. The Morgan fingerprint density at radius 1 is 0.974 bits per heavy atom. The van der Waals surface area contributed by atoms with E-state index in [-0.39, 0.29) is 36.9 Å². The number of carbonyl (C=O) groups excluding carboxylic acids is 2. The lowest BCUT2D eigenvalue weighted by atomic mass is 10.1. The molecule has 0 N–H and O–H groups in total. The van der Waals surface area contributed by atoms with Gasteiger partial charge in [0.2, 0.25) is 5.91 Å². The molecule has 1 aliphatic heterocycles. The molecule has 5 nitrogen and oxygen atoms in total. The number of benzene rings is 2. The molecule has 2 aromatic carbocycles. The van der Waals surface area contributed by atoms with E-state index in [0.29, 0.717) is 13.1 Å². The van der Waals surface area contributed by atoms with E-state index in [9.17, 15) is 27.2 Å². The molecule has 10 heteroatoms. The zero-order chi connectivity index (χ0) is 28.0. The van der Waals surface area contributed by atoms with Crippen LogP contribution in [0.15, 0.2) is 60.0 Å². The van der Waals surface area contributed by atoms with Crippen molar-refractivity contribution in [3.8, 4) is 0 Å². The van der Waals surface area contributed by atoms with Crippen LogP contribution in [-0.2, 0) is 24.1 Å². The normalized spacial score (nSPS) is 14.0. The molecular formula is C29H31F4N3O2S. The predicted octanol–water partition coefficient (Wildman–Crippen LogP) is 5.98. The number of likely N-dealkylation sites (tertiary alicyclic amines) is 1. The average molecular weight is 562 g/mol. The van der Waals surface area contributed by atoms with Gasteiger partial charge in [-0.2, -0.15) is 13.2 Å². The van der Waals surface area contributed by atoms with Gasteiger partial charge in [-0.3, -0.25) is 9.59 Å². The summed E-state index contributed by atoms with van der Waals surface area (Å²) >= 11 is 1.51. The summed E-state index contributed by atoms with van der Waals surface area (Å²) in [7, 11) is 0. The molecule has 0 spiro atoms. The largest absolute Gasteiger partial charge is 0.416 e. The van der Waals surface area contributed by atoms with Gasteiger partial charge in [0.05, 0.1) is 12.1 Å². The Bertz CT molecular complexity index is 1270. The number of carbonyl (C=O) groups is 2. The number of halogens is 4. The number of aryl methyl sites for hydroxylation is 1. The molecule has 0 unspecified atom stereocenters. The molecule has 208 valence electrons. The first-order valence-electron chi connectivity index (χ1n) is 12.8. The number of thiophene rings is 1. The molecule has 1 saturated heterocycles. The second kappa shape index (κ2) is 12.7. The number of amides is 2. The predicted molar refractivity (Wildman–Crippen MR) is 143 cm³/mol. The maximum atomic E-state index is 13.7. The van der Waals surface area contributed by atoms with Crippen LogP contribution in [0.5, 0.6) is 0 Å². The van der Waals surface area contributed by atoms with Gasteiger partial charge in [0.25, 0.3) is 5.91 Å². The average Bonchev–Trinajstić information content (AvgIpc) is 3.58. The lowest BCUT2D eigenvalue weighted by Gasteiger charge is -2.29. The Morgan fingerprint density at radius 3 is 2.33 bits per heavy atom. The maximum absolute atomic E-state index is 13.7. The SMILES string of the molecule is Cc1ccsc1CN(Cc1ccc(F)cc1)C(=O)CN(CCN1CCCC1)C(=O)c1cccc(C(F)(F)F)c1. The van der Waals surface area contributed by atoms with Gasteiger partial charge in [-0.1, -0.05) is 18.2 Å². The Kier molecular flexibility index (Phi) is 9.40. The second-order valence-electron chi connectivity index (χ2n) is 9.76. The zero-order valence-corrected chi connectivity index (χ0v) is 22.5. The van der Waals surface area contributed by atoms with Crippen molar-refractivity contribution in [3.05, 3.63) is 92.9 Å².